The predicted molar refractivity (Wildman–Crippen MR) is 67.8 cm³/mol. The molecule has 2 aromatic rings. The lowest BCUT2D eigenvalue weighted by atomic mass is 9.85. The van der Waals surface area contributed by atoms with Crippen LogP contribution in [-0.2, 0) is 5.41 Å². The largest absolute Gasteiger partial charge is 0.340 e. The van der Waals surface area contributed by atoms with Crippen LogP contribution in [0.4, 0.5) is 0 Å². The number of imidazole rings is 1. The minimum Gasteiger partial charge on any atom is -0.340 e. The maximum Gasteiger partial charge on any atom is 0.177 e. The highest BCUT2D eigenvalue weighted by Crippen LogP contribution is 2.39. The lowest BCUT2D eigenvalue weighted by Crippen LogP contribution is -2.33. The number of fused-ring (bicyclic) bond motifs is 1. The van der Waals surface area contributed by atoms with Crippen LogP contribution in [0.5, 0.6) is 0 Å². The third kappa shape index (κ3) is 1.55. The average Bonchev–Trinajstić information content (AvgIpc) is 2.96. The van der Waals surface area contributed by atoms with Crippen molar-refractivity contribution in [2.24, 2.45) is 5.73 Å². The van der Waals surface area contributed by atoms with Gasteiger partial charge in [0.1, 0.15) is 5.82 Å². The molecule has 0 spiro atoms. The Morgan fingerprint density at radius 1 is 1.41 bits per heavy atom. The molecule has 3 rings (SSSR count). The molecule has 4 heteroatoms. The second-order valence-corrected chi connectivity index (χ2v) is 5.10. The van der Waals surface area contributed by atoms with Gasteiger partial charge in [0.05, 0.1) is 5.52 Å². The van der Waals surface area contributed by atoms with Crippen molar-refractivity contribution in [2.75, 3.05) is 6.54 Å². The van der Waals surface area contributed by atoms with E-state index in [2.05, 4.69) is 21.9 Å². The first-order chi connectivity index (χ1) is 8.25. The highest BCUT2D eigenvalue weighted by atomic mass is 15.0. The molecule has 0 amide bonds. The van der Waals surface area contributed by atoms with Gasteiger partial charge >= 0.3 is 0 Å². The zero-order valence-electron chi connectivity index (χ0n) is 10.2. The lowest BCUT2D eigenvalue weighted by molar-refractivity contribution is 0.429. The smallest absolute Gasteiger partial charge is 0.177 e. The summed E-state index contributed by atoms with van der Waals surface area (Å²) >= 11 is 0. The standard InChI is InChI=1S/C13H18N4/c1-9-4-7-15-11-10(9)16-12(17-11)13(8-14)5-2-3-6-13/h4,7H,2-3,5-6,8,14H2,1H3,(H,15,16,17). The van der Waals surface area contributed by atoms with Gasteiger partial charge in [-0.2, -0.15) is 0 Å². The second-order valence-electron chi connectivity index (χ2n) is 5.10. The Balaban J connectivity index is 2.14. The van der Waals surface area contributed by atoms with E-state index in [0.717, 1.165) is 29.8 Å². The van der Waals surface area contributed by atoms with Gasteiger partial charge in [-0.15, -0.1) is 0 Å². The molecule has 0 unspecified atom stereocenters. The van der Waals surface area contributed by atoms with E-state index in [1.165, 1.54) is 18.4 Å². The van der Waals surface area contributed by atoms with Crippen LogP contribution in [0.1, 0.15) is 37.1 Å². The number of nitrogens with one attached hydrogen (secondary N) is 1. The number of hydrogen-bond acceptors (Lipinski definition) is 3. The number of aromatic nitrogens is 3. The molecule has 0 aromatic carbocycles. The SMILES string of the molecule is Cc1ccnc2nc(C3(CN)CCCC3)[nH]c12. The number of pyridine rings is 1. The second kappa shape index (κ2) is 3.81. The third-order valence-corrected chi connectivity index (χ3v) is 4.05. The summed E-state index contributed by atoms with van der Waals surface area (Å²) in [5.41, 5.74) is 9.11. The first kappa shape index (κ1) is 10.7. The molecular weight excluding hydrogens is 212 g/mol. The summed E-state index contributed by atoms with van der Waals surface area (Å²) in [7, 11) is 0. The van der Waals surface area contributed by atoms with Crippen molar-refractivity contribution in [1.82, 2.24) is 15.0 Å². The molecule has 0 aliphatic heterocycles. The zero-order valence-corrected chi connectivity index (χ0v) is 10.2. The molecule has 0 bridgehead atoms. The summed E-state index contributed by atoms with van der Waals surface area (Å²) < 4.78 is 0. The van der Waals surface area contributed by atoms with Gasteiger partial charge < -0.3 is 10.7 Å². The summed E-state index contributed by atoms with van der Waals surface area (Å²) in [5, 5.41) is 0. The molecule has 3 N–H and O–H groups in total. The Bertz CT molecular complexity index is 537. The summed E-state index contributed by atoms with van der Waals surface area (Å²) in [6.45, 7) is 2.75. The zero-order chi connectivity index (χ0) is 11.9. The number of aryl methyl sites for hydroxylation is 1. The minimum atomic E-state index is 0.0626. The first-order valence-electron chi connectivity index (χ1n) is 6.27. The Morgan fingerprint density at radius 2 is 2.18 bits per heavy atom. The predicted octanol–water partition coefficient (Wildman–Crippen LogP) is 2.04. The average molecular weight is 230 g/mol. The maximum atomic E-state index is 5.98. The Labute approximate surface area is 101 Å². The molecule has 2 aromatic heterocycles. The Morgan fingerprint density at radius 3 is 2.82 bits per heavy atom. The molecule has 17 heavy (non-hydrogen) atoms. The fourth-order valence-electron chi connectivity index (χ4n) is 2.88. The van der Waals surface area contributed by atoms with Gasteiger partial charge in [0.2, 0.25) is 0 Å². The van der Waals surface area contributed by atoms with Crippen molar-refractivity contribution in [3.63, 3.8) is 0 Å². The van der Waals surface area contributed by atoms with Crippen LogP contribution >= 0.6 is 0 Å². The van der Waals surface area contributed by atoms with Gasteiger partial charge in [-0.1, -0.05) is 12.8 Å². The molecule has 0 atom stereocenters. The molecule has 1 aliphatic carbocycles. The van der Waals surface area contributed by atoms with E-state index in [4.69, 9.17) is 5.73 Å². The molecule has 1 saturated carbocycles. The summed E-state index contributed by atoms with van der Waals surface area (Å²) in [6.07, 6.45) is 6.60. The number of H-pyrrole nitrogens is 1. The van der Waals surface area contributed by atoms with Gasteiger partial charge in [0, 0.05) is 18.2 Å². The molecular formula is C13H18N4. The van der Waals surface area contributed by atoms with E-state index < -0.39 is 0 Å². The van der Waals surface area contributed by atoms with Crippen LogP contribution in [0.3, 0.4) is 0 Å². The summed E-state index contributed by atoms with van der Waals surface area (Å²) in [6, 6.07) is 2.01. The van der Waals surface area contributed by atoms with Gasteiger partial charge in [-0.05, 0) is 31.4 Å². The number of nitrogens with zero attached hydrogens (tertiary/aromatic N) is 2. The van der Waals surface area contributed by atoms with Crippen LogP contribution in [0.2, 0.25) is 0 Å². The van der Waals surface area contributed by atoms with Crippen LogP contribution in [-0.4, -0.2) is 21.5 Å². The number of hydrogen-bond donors (Lipinski definition) is 2. The van der Waals surface area contributed by atoms with Crippen molar-refractivity contribution >= 4 is 11.2 Å². The van der Waals surface area contributed by atoms with Gasteiger partial charge in [0.25, 0.3) is 0 Å². The molecule has 0 saturated heterocycles. The van der Waals surface area contributed by atoms with Crippen LogP contribution in [0.25, 0.3) is 11.2 Å². The summed E-state index contributed by atoms with van der Waals surface area (Å²) in [5.74, 6) is 1.04. The summed E-state index contributed by atoms with van der Waals surface area (Å²) in [4.78, 5) is 12.4. The van der Waals surface area contributed by atoms with E-state index in [1.54, 1.807) is 0 Å². The molecule has 2 heterocycles. The highest BCUT2D eigenvalue weighted by molar-refractivity contribution is 5.74. The fourth-order valence-corrected chi connectivity index (χ4v) is 2.88. The van der Waals surface area contributed by atoms with Gasteiger partial charge in [-0.3, -0.25) is 0 Å². The Hall–Kier alpha value is -1.42. The maximum absolute atomic E-state index is 5.98. The quantitative estimate of drug-likeness (QED) is 0.829. The first-order valence-corrected chi connectivity index (χ1v) is 6.27. The normalized spacial score (nSPS) is 18.9. The number of nitrogens with two attached hydrogens (primary N) is 1. The van der Waals surface area contributed by atoms with E-state index in [-0.39, 0.29) is 5.41 Å². The lowest BCUT2D eigenvalue weighted by Gasteiger charge is -2.24. The molecule has 1 fully saturated rings. The molecule has 90 valence electrons. The van der Waals surface area contributed by atoms with Crippen LogP contribution in [0, 0.1) is 6.92 Å². The monoisotopic (exact) mass is 230 g/mol. The molecule has 0 radical (unpaired) electrons. The van der Waals surface area contributed by atoms with Crippen LogP contribution < -0.4 is 5.73 Å². The van der Waals surface area contributed by atoms with Crippen molar-refractivity contribution in [3.05, 3.63) is 23.7 Å². The fraction of sp³-hybridized carbons (Fsp3) is 0.538. The van der Waals surface area contributed by atoms with Crippen molar-refractivity contribution in [1.29, 1.82) is 0 Å². The van der Waals surface area contributed by atoms with Crippen LogP contribution in [0.15, 0.2) is 12.3 Å². The van der Waals surface area contributed by atoms with E-state index in [0.29, 0.717) is 6.54 Å². The Kier molecular flexibility index (Phi) is 2.40. The van der Waals surface area contributed by atoms with Crippen molar-refractivity contribution in [2.45, 2.75) is 38.0 Å². The molecule has 4 nitrogen and oxygen atoms in total. The van der Waals surface area contributed by atoms with Crippen molar-refractivity contribution < 1.29 is 0 Å². The number of aromatic amines is 1. The highest BCUT2D eigenvalue weighted by Gasteiger charge is 2.37. The van der Waals surface area contributed by atoms with E-state index in [9.17, 15) is 0 Å². The third-order valence-electron chi connectivity index (χ3n) is 4.05. The molecule has 1 aliphatic rings. The van der Waals surface area contributed by atoms with E-state index >= 15 is 0 Å². The number of rotatable bonds is 2. The van der Waals surface area contributed by atoms with E-state index in [1.807, 2.05) is 12.3 Å². The van der Waals surface area contributed by atoms with Crippen molar-refractivity contribution in [3.8, 4) is 0 Å². The topological polar surface area (TPSA) is 67.6 Å². The minimum absolute atomic E-state index is 0.0626. The van der Waals surface area contributed by atoms with Gasteiger partial charge in [-0.25, -0.2) is 9.97 Å². The van der Waals surface area contributed by atoms with Gasteiger partial charge in [0.15, 0.2) is 5.65 Å².